The summed E-state index contributed by atoms with van der Waals surface area (Å²) in [5.74, 6) is 0.887. The molecule has 1 aromatic rings. The zero-order chi connectivity index (χ0) is 13.0. The Morgan fingerprint density at radius 2 is 1.94 bits per heavy atom. The third kappa shape index (κ3) is 4.57. The fourth-order valence-electron chi connectivity index (χ4n) is 1.18. The van der Waals surface area contributed by atoms with Crippen molar-refractivity contribution in [3.8, 4) is 5.75 Å². The molecule has 0 spiro atoms. The topological polar surface area (TPSA) is 52.4 Å². The molecule has 0 amide bonds. The normalized spacial score (nSPS) is 10.6. The van der Waals surface area contributed by atoms with Crippen molar-refractivity contribution in [1.29, 1.82) is 0 Å². The number of hydrogen-bond acceptors (Lipinski definition) is 3. The van der Waals surface area contributed by atoms with Gasteiger partial charge in [0.25, 0.3) is 0 Å². The van der Waals surface area contributed by atoms with Crippen LogP contribution in [0.3, 0.4) is 0 Å². The Morgan fingerprint density at radius 1 is 1.35 bits per heavy atom. The quantitative estimate of drug-likeness (QED) is 0.375. The van der Waals surface area contributed by atoms with Gasteiger partial charge in [-0.3, -0.25) is 10.1 Å². The van der Waals surface area contributed by atoms with Crippen molar-refractivity contribution in [2.45, 2.75) is 20.3 Å². The summed E-state index contributed by atoms with van der Waals surface area (Å²) in [6.07, 6.45) is 0.889. The lowest BCUT2D eigenvalue weighted by Crippen LogP contribution is -2.04. The average Bonchev–Trinajstić information content (AvgIpc) is 2.22. The first-order chi connectivity index (χ1) is 7.91. The molecular weight excluding hydrogens is 448 g/mol. The van der Waals surface area contributed by atoms with E-state index >= 15 is 0 Å². The number of halogens is 2. The van der Waals surface area contributed by atoms with Crippen molar-refractivity contribution in [3.63, 3.8) is 0 Å². The number of hydrogen-bond donors (Lipinski definition) is 0. The zero-order valence-electron chi connectivity index (χ0n) is 9.57. The second-order valence-electron chi connectivity index (χ2n) is 4.02. The summed E-state index contributed by atoms with van der Waals surface area (Å²) in [5, 5.41) is 10.9. The monoisotopic (exact) mass is 461 g/mol. The first kappa shape index (κ1) is 14.9. The Morgan fingerprint density at radius 3 is 2.47 bits per heavy atom. The maximum atomic E-state index is 10.9. The number of nitrogens with zero attached hydrogens (tertiary/aromatic N) is 1. The van der Waals surface area contributed by atoms with Crippen molar-refractivity contribution in [3.05, 3.63) is 29.4 Å². The second kappa shape index (κ2) is 6.72. The van der Waals surface area contributed by atoms with Crippen LogP contribution in [0.25, 0.3) is 0 Å². The molecule has 0 aliphatic rings. The van der Waals surface area contributed by atoms with Crippen LogP contribution in [0.1, 0.15) is 20.3 Å². The molecule has 94 valence electrons. The summed E-state index contributed by atoms with van der Waals surface area (Å²) in [6.45, 7) is 4.69. The standard InChI is InChI=1S/C11H13I2NO3/c1-7(2)3-4-17-11-6-9(13)8(12)5-10(11)14(15)16/h5-7H,3-4H2,1-2H3. The van der Waals surface area contributed by atoms with E-state index in [1.165, 1.54) is 0 Å². The first-order valence-electron chi connectivity index (χ1n) is 5.18. The van der Waals surface area contributed by atoms with Crippen molar-refractivity contribution in [2.24, 2.45) is 5.92 Å². The molecule has 17 heavy (non-hydrogen) atoms. The van der Waals surface area contributed by atoms with Crippen molar-refractivity contribution >= 4 is 50.9 Å². The maximum absolute atomic E-state index is 10.9. The first-order valence-corrected chi connectivity index (χ1v) is 7.33. The van der Waals surface area contributed by atoms with Crippen molar-refractivity contribution in [1.82, 2.24) is 0 Å². The lowest BCUT2D eigenvalue weighted by molar-refractivity contribution is -0.386. The molecule has 0 N–H and O–H groups in total. The van der Waals surface area contributed by atoms with Crippen LogP contribution < -0.4 is 4.74 Å². The third-order valence-electron chi connectivity index (χ3n) is 2.15. The van der Waals surface area contributed by atoms with E-state index in [1.54, 1.807) is 12.1 Å². The molecule has 0 atom stereocenters. The average molecular weight is 461 g/mol. The largest absolute Gasteiger partial charge is 0.487 e. The fourth-order valence-corrected chi connectivity index (χ4v) is 2.07. The molecule has 0 aromatic heterocycles. The number of rotatable bonds is 5. The summed E-state index contributed by atoms with van der Waals surface area (Å²) in [5.41, 5.74) is 0.0403. The highest BCUT2D eigenvalue weighted by molar-refractivity contribution is 14.1. The lowest BCUT2D eigenvalue weighted by atomic mass is 10.1. The molecule has 0 radical (unpaired) electrons. The number of nitro benzene ring substituents is 1. The summed E-state index contributed by atoms with van der Waals surface area (Å²) >= 11 is 4.23. The highest BCUT2D eigenvalue weighted by Gasteiger charge is 2.17. The molecule has 1 aromatic carbocycles. The SMILES string of the molecule is CC(C)CCOc1cc(I)c(I)cc1[N+](=O)[O-]. The molecule has 0 bridgehead atoms. The van der Waals surface area contributed by atoms with Gasteiger partial charge in [-0.2, -0.15) is 0 Å². The van der Waals surface area contributed by atoms with Gasteiger partial charge in [-0.05, 0) is 57.5 Å². The predicted molar refractivity (Wildman–Crippen MR) is 83.5 cm³/mol. The predicted octanol–water partition coefficient (Wildman–Crippen LogP) is 4.23. The Bertz CT molecular complexity index is 421. The highest BCUT2D eigenvalue weighted by Crippen LogP contribution is 2.32. The van der Waals surface area contributed by atoms with Gasteiger partial charge in [-0.25, -0.2) is 0 Å². The van der Waals surface area contributed by atoms with Gasteiger partial charge in [0.15, 0.2) is 5.75 Å². The molecule has 0 aliphatic heterocycles. The minimum absolute atomic E-state index is 0.0403. The van der Waals surface area contributed by atoms with Crippen LogP contribution in [-0.4, -0.2) is 11.5 Å². The van der Waals surface area contributed by atoms with Crippen LogP contribution in [-0.2, 0) is 0 Å². The molecule has 4 nitrogen and oxygen atoms in total. The lowest BCUT2D eigenvalue weighted by Gasteiger charge is -2.09. The second-order valence-corrected chi connectivity index (χ2v) is 6.35. The van der Waals surface area contributed by atoms with E-state index in [-0.39, 0.29) is 5.69 Å². The number of benzene rings is 1. The van der Waals surface area contributed by atoms with E-state index in [0.29, 0.717) is 18.3 Å². The van der Waals surface area contributed by atoms with Crippen LogP contribution in [0.5, 0.6) is 5.75 Å². The van der Waals surface area contributed by atoms with Crippen LogP contribution in [0.2, 0.25) is 0 Å². The van der Waals surface area contributed by atoms with E-state index < -0.39 is 4.92 Å². The Hall–Kier alpha value is -0.120. The Labute approximate surface area is 128 Å². The molecule has 6 heteroatoms. The minimum Gasteiger partial charge on any atom is -0.487 e. The molecule has 0 unspecified atom stereocenters. The Kier molecular flexibility index (Phi) is 5.90. The van der Waals surface area contributed by atoms with E-state index in [9.17, 15) is 10.1 Å². The Balaban J connectivity index is 2.89. The maximum Gasteiger partial charge on any atom is 0.312 e. The number of ether oxygens (including phenoxy) is 1. The van der Waals surface area contributed by atoms with Gasteiger partial charge in [0, 0.05) is 19.3 Å². The number of nitro groups is 1. The van der Waals surface area contributed by atoms with Crippen molar-refractivity contribution in [2.75, 3.05) is 6.61 Å². The smallest absolute Gasteiger partial charge is 0.312 e. The molecule has 0 heterocycles. The molecule has 1 rings (SSSR count). The highest BCUT2D eigenvalue weighted by atomic mass is 127. The summed E-state index contributed by atoms with van der Waals surface area (Å²) in [4.78, 5) is 10.5. The van der Waals surface area contributed by atoms with Gasteiger partial charge in [0.1, 0.15) is 0 Å². The molecular formula is C11H13I2NO3. The van der Waals surface area contributed by atoms with Gasteiger partial charge in [0.05, 0.1) is 11.5 Å². The van der Waals surface area contributed by atoms with Gasteiger partial charge < -0.3 is 4.74 Å². The molecule has 0 aliphatic carbocycles. The van der Waals surface area contributed by atoms with Gasteiger partial charge in [-0.1, -0.05) is 13.8 Å². The molecule has 0 fully saturated rings. The van der Waals surface area contributed by atoms with E-state index in [4.69, 9.17) is 4.74 Å². The minimum atomic E-state index is -0.400. The molecule has 0 saturated carbocycles. The fraction of sp³-hybridized carbons (Fsp3) is 0.455. The van der Waals surface area contributed by atoms with Gasteiger partial charge in [0.2, 0.25) is 0 Å². The summed E-state index contributed by atoms with van der Waals surface area (Å²) in [7, 11) is 0. The van der Waals surface area contributed by atoms with Gasteiger partial charge >= 0.3 is 5.69 Å². The van der Waals surface area contributed by atoms with Crippen LogP contribution in [0.15, 0.2) is 12.1 Å². The van der Waals surface area contributed by atoms with Crippen LogP contribution in [0, 0.1) is 23.2 Å². The summed E-state index contributed by atoms with van der Waals surface area (Å²) in [6, 6.07) is 3.27. The van der Waals surface area contributed by atoms with Gasteiger partial charge in [-0.15, -0.1) is 0 Å². The van der Waals surface area contributed by atoms with E-state index in [0.717, 1.165) is 13.6 Å². The van der Waals surface area contributed by atoms with Crippen molar-refractivity contribution < 1.29 is 9.66 Å². The molecule has 0 saturated heterocycles. The van der Waals surface area contributed by atoms with Crippen LogP contribution in [0.4, 0.5) is 5.69 Å². The van der Waals surface area contributed by atoms with Crippen LogP contribution >= 0.6 is 45.2 Å². The summed E-state index contributed by atoms with van der Waals surface area (Å²) < 4.78 is 7.33. The zero-order valence-corrected chi connectivity index (χ0v) is 13.9. The third-order valence-corrected chi connectivity index (χ3v) is 4.97. The van der Waals surface area contributed by atoms with E-state index in [1.807, 2.05) is 0 Å². The van der Waals surface area contributed by atoms with E-state index in [2.05, 4.69) is 59.0 Å².